The number of benzene rings is 1. The number of hydrogen-bond donors (Lipinski definition) is 1. The van der Waals surface area contributed by atoms with Gasteiger partial charge in [0.2, 0.25) is 0 Å². The quantitative estimate of drug-likeness (QED) is 0.902. The van der Waals surface area contributed by atoms with Gasteiger partial charge >= 0.3 is 0 Å². The molecule has 0 bridgehead atoms. The molecule has 0 amide bonds. The van der Waals surface area contributed by atoms with E-state index in [0.717, 1.165) is 12.2 Å². The van der Waals surface area contributed by atoms with Gasteiger partial charge in [0.1, 0.15) is 0 Å². The van der Waals surface area contributed by atoms with Gasteiger partial charge in [-0.05, 0) is 31.2 Å². The van der Waals surface area contributed by atoms with Gasteiger partial charge in [0, 0.05) is 12.2 Å². The highest BCUT2D eigenvalue weighted by Gasteiger charge is 2.04. The summed E-state index contributed by atoms with van der Waals surface area (Å²) in [6.07, 6.45) is 3.43. The highest BCUT2D eigenvalue weighted by atomic mass is 35.5. The van der Waals surface area contributed by atoms with Crippen LogP contribution < -0.4 is 5.32 Å². The van der Waals surface area contributed by atoms with Crippen molar-refractivity contribution in [1.29, 1.82) is 0 Å². The second kappa shape index (κ2) is 5.34. The Morgan fingerprint density at radius 2 is 2.06 bits per heavy atom. The van der Waals surface area contributed by atoms with Crippen LogP contribution in [0.2, 0.25) is 5.02 Å². The maximum Gasteiger partial charge on any atom is 0.0790 e. The van der Waals surface area contributed by atoms with E-state index in [4.69, 9.17) is 11.6 Å². The lowest BCUT2D eigenvalue weighted by Crippen LogP contribution is -2.17. The molecule has 1 heterocycles. The molecule has 1 N–H and O–H groups in total. The summed E-state index contributed by atoms with van der Waals surface area (Å²) in [5.74, 6) is 0. The molecule has 0 aliphatic heterocycles. The van der Waals surface area contributed by atoms with E-state index in [1.807, 2.05) is 12.1 Å². The van der Waals surface area contributed by atoms with Crippen molar-refractivity contribution in [3.8, 4) is 5.69 Å². The topological polar surface area (TPSA) is 29.9 Å². The fourth-order valence-corrected chi connectivity index (χ4v) is 1.92. The van der Waals surface area contributed by atoms with Crippen molar-refractivity contribution in [1.82, 2.24) is 15.1 Å². The number of halogens is 1. The first-order valence-electron chi connectivity index (χ1n) is 5.74. The maximum atomic E-state index is 5.84. The average Bonchev–Trinajstić information content (AvgIpc) is 2.76. The summed E-state index contributed by atoms with van der Waals surface area (Å²) >= 11 is 5.84. The third kappa shape index (κ3) is 2.87. The summed E-state index contributed by atoms with van der Waals surface area (Å²) in [6.45, 7) is 5.23. The summed E-state index contributed by atoms with van der Waals surface area (Å²) in [6, 6.07) is 8.69. The minimum absolute atomic E-state index is 0.371. The molecule has 0 radical (unpaired) electrons. The van der Waals surface area contributed by atoms with Crippen molar-refractivity contribution >= 4 is 11.6 Å². The van der Waals surface area contributed by atoms with Gasteiger partial charge in [0.15, 0.2) is 0 Å². The Bertz CT molecular complexity index is 476. The van der Waals surface area contributed by atoms with Crippen LogP contribution in [-0.2, 0) is 0 Å². The summed E-state index contributed by atoms with van der Waals surface area (Å²) in [4.78, 5) is 0. The zero-order valence-electron chi connectivity index (χ0n) is 10.0. The molecular weight excluding hydrogens is 234 g/mol. The van der Waals surface area contributed by atoms with Crippen molar-refractivity contribution in [3.63, 3.8) is 0 Å². The lowest BCUT2D eigenvalue weighted by atomic mass is 10.1. The van der Waals surface area contributed by atoms with E-state index in [1.54, 1.807) is 17.1 Å². The van der Waals surface area contributed by atoms with Crippen LogP contribution in [0.3, 0.4) is 0 Å². The van der Waals surface area contributed by atoms with Gasteiger partial charge in [-0.25, -0.2) is 4.68 Å². The van der Waals surface area contributed by atoms with Crippen LogP contribution in [0.25, 0.3) is 5.69 Å². The molecule has 0 fully saturated rings. The molecule has 2 aromatic rings. The highest BCUT2D eigenvalue weighted by Crippen LogP contribution is 2.16. The summed E-state index contributed by atoms with van der Waals surface area (Å²) in [7, 11) is 0. The summed E-state index contributed by atoms with van der Waals surface area (Å²) in [5.41, 5.74) is 2.29. The second-order valence-corrected chi connectivity index (χ2v) is 4.41. The zero-order valence-corrected chi connectivity index (χ0v) is 10.8. The van der Waals surface area contributed by atoms with Crippen LogP contribution >= 0.6 is 11.6 Å². The first kappa shape index (κ1) is 12.1. The van der Waals surface area contributed by atoms with Crippen LogP contribution in [0.15, 0.2) is 36.7 Å². The number of nitrogens with one attached hydrogen (secondary N) is 1. The predicted molar refractivity (Wildman–Crippen MR) is 70.7 cm³/mol. The number of nitrogens with zero attached hydrogens (tertiary/aromatic N) is 2. The standard InChI is InChI=1S/C13H16ClN3/c1-3-15-10(2)11-4-6-13(7-5-11)17-9-12(14)8-16-17/h4-10,15H,3H2,1-2H3. The van der Waals surface area contributed by atoms with Gasteiger partial charge in [0.05, 0.1) is 16.9 Å². The molecule has 2 rings (SSSR count). The molecule has 1 aromatic carbocycles. The molecule has 90 valence electrons. The monoisotopic (exact) mass is 249 g/mol. The second-order valence-electron chi connectivity index (χ2n) is 3.97. The third-order valence-corrected chi connectivity index (χ3v) is 2.91. The van der Waals surface area contributed by atoms with Crippen LogP contribution in [0.4, 0.5) is 0 Å². The van der Waals surface area contributed by atoms with Crippen LogP contribution in [0.5, 0.6) is 0 Å². The van der Waals surface area contributed by atoms with E-state index in [1.165, 1.54) is 5.56 Å². The van der Waals surface area contributed by atoms with Crippen LogP contribution in [-0.4, -0.2) is 16.3 Å². The first-order valence-corrected chi connectivity index (χ1v) is 6.12. The third-order valence-electron chi connectivity index (χ3n) is 2.72. The van der Waals surface area contributed by atoms with Crippen molar-refractivity contribution in [3.05, 3.63) is 47.2 Å². The van der Waals surface area contributed by atoms with Crippen molar-refractivity contribution in [2.75, 3.05) is 6.54 Å². The van der Waals surface area contributed by atoms with E-state index in [-0.39, 0.29) is 0 Å². The van der Waals surface area contributed by atoms with Crippen LogP contribution in [0.1, 0.15) is 25.5 Å². The molecule has 0 aliphatic rings. The molecule has 1 aromatic heterocycles. The average molecular weight is 250 g/mol. The van der Waals surface area contributed by atoms with E-state index in [9.17, 15) is 0 Å². The smallest absolute Gasteiger partial charge is 0.0790 e. The van der Waals surface area contributed by atoms with Gasteiger partial charge in [-0.15, -0.1) is 0 Å². The zero-order chi connectivity index (χ0) is 12.3. The molecule has 0 saturated carbocycles. The van der Waals surface area contributed by atoms with E-state index in [0.29, 0.717) is 11.1 Å². The highest BCUT2D eigenvalue weighted by molar-refractivity contribution is 6.30. The number of aromatic nitrogens is 2. The first-order chi connectivity index (χ1) is 8.20. The van der Waals surface area contributed by atoms with Gasteiger partial charge in [0.25, 0.3) is 0 Å². The Labute approximate surface area is 106 Å². The molecule has 4 heteroatoms. The summed E-state index contributed by atoms with van der Waals surface area (Å²) < 4.78 is 1.77. The minimum Gasteiger partial charge on any atom is -0.310 e. The van der Waals surface area contributed by atoms with E-state index >= 15 is 0 Å². The minimum atomic E-state index is 0.371. The number of hydrogen-bond acceptors (Lipinski definition) is 2. The van der Waals surface area contributed by atoms with Crippen molar-refractivity contribution < 1.29 is 0 Å². The fraction of sp³-hybridized carbons (Fsp3) is 0.308. The van der Waals surface area contributed by atoms with E-state index < -0.39 is 0 Å². The molecule has 0 aliphatic carbocycles. The predicted octanol–water partition coefficient (Wildman–Crippen LogP) is 3.20. The van der Waals surface area contributed by atoms with Gasteiger partial charge in [-0.3, -0.25) is 0 Å². The summed E-state index contributed by atoms with van der Waals surface area (Å²) in [5, 5.41) is 8.20. The van der Waals surface area contributed by atoms with Gasteiger partial charge in [-0.2, -0.15) is 5.10 Å². The molecule has 1 unspecified atom stereocenters. The van der Waals surface area contributed by atoms with Gasteiger partial charge < -0.3 is 5.32 Å². The van der Waals surface area contributed by atoms with E-state index in [2.05, 4.69) is 36.4 Å². The Morgan fingerprint density at radius 1 is 1.35 bits per heavy atom. The van der Waals surface area contributed by atoms with Crippen molar-refractivity contribution in [2.45, 2.75) is 19.9 Å². The lowest BCUT2D eigenvalue weighted by molar-refractivity contribution is 0.598. The number of rotatable bonds is 4. The Balaban J connectivity index is 2.18. The molecule has 0 saturated heterocycles. The lowest BCUT2D eigenvalue weighted by Gasteiger charge is -2.13. The molecule has 0 spiro atoms. The van der Waals surface area contributed by atoms with Gasteiger partial charge in [-0.1, -0.05) is 30.7 Å². The largest absolute Gasteiger partial charge is 0.310 e. The fourth-order valence-electron chi connectivity index (χ4n) is 1.78. The maximum absolute atomic E-state index is 5.84. The molecule has 1 atom stereocenters. The Hall–Kier alpha value is -1.32. The molecule has 3 nitrogen and oxygen atoms in total. The van der Waals surface area contributed by atoms with Crippen LogP contribution in [0, 0.1) is 0 Å². The Morgan fingerprint density at radius 3 is 2.59 bits per heavy atom. The van der Waals surface area contributed by atoms with Crippen molar-refractivity contribution in [2.24, 2.45) is 0 Å². The Kier molecular flexibility index (Phi) is 3.82. The molecule has 17 heavy (non-hydrogen) atoms. The SMILES string of the molecule is CCNC(C)c1ccc(-n2cc(Cl)cn2)cc1. The normalized spacial score (nSPS) is 12.6. The molecular formula is C13H16ClN3.